The van der Waals surface area contributed by atoms with Crippen LogP contribution in [0.15, 0.2) is 24.4 Å². The molecule has 4 nitrogen and oxygen atoms in total. The first kappa shape index (κ1) is 14.5. The number of rotatable bonds is 5. The Balaban J connectivity index is 2.45. The van der Waals surface area contributed by atoms with E-state index in [9.17, 15) is 4.79 Å². The van der Waals surface area contributed by atoms with Crippen molar-refractivity contribution in [2.45, 2.75) is 26.7 Å². The highest BCUT2D eigenvalue weighted by Gasteiger charge is 2.16. The molecule has 2 aromatic rings. The van der Waals surface area contributed by atoms with Crippen LogP contribution < -0.4 is 0 Å². The van der Waals surface area contributed by atoms with E-state index in [0.29, 0.717) is 12.2 Å². The molecule has 0 saturated heterocycles. The number of ether oxygens (including phenoxy) is 1. The van der Waals surface area contributed by atoms with Crippen LogP contribution in [0.4, 0.5) is 0 Å². The zero-order valence-corrected chi connectivity index (χ0v) is 12.4. The van der Waals surface area contributed by atoms with Gasteiger partial charge in [0, 0.05) is 19.2 Å². The van der Waals surface area contributed by atoms with Crippen molar-refractivity contribution in [1.29, 1.82) is 0 Å². The topological polar surface area (TPSA) is 44.1 Å². The van der Waals surface area contributed by atoms with E-state index in [1.165, 1.54) is 11.1 Å². The van der Waals surface area contributed by atoms with E-state index in [1.807, 2.05) is 6.92 Å². The Morgan fingerprint density at radius 1 is 1.30 bits per heavy atom. The van der Waals surface area contributed by atoms with Crippen molar-refractivity contribution >= 4 is 6.29 Å². The summed E-state index contributed by atoms with van der Waals surface area (Å²) in [7, 11) is 1.65. The predicted octanol–water partition coefficient (Wildman–Crippen LogP) is 3.05. The van der Waals surface area contributed by atoms with Gasteiger partial charge in [-0.1, -0.05) is 13.0 Å². The first-order valence-electron chi connectivity index (χ1n) is 6.67. The number of aryl methyl sites for hydroxylation is 2. The molecule has 0 aliphatic heterocycles. The standard InChI is InChI=1S/C16H20N2O2/c1-11-5-12(2)7-15(6-11)18-8-14(9-19)16(17-18)13(3)10-20-4/h5-9,13H,10H2,1-4H3. The Hall–Kier alpha value is -1.94. The normalized spacial score (nSPS) is 12.4. The molecule has 0 spiro atoms. The van der Waals surface area contributed by atoms with E-state index in [-0.39, 0.29) is 5.92 Å². The van der Waals surface area contributed by atoms with Gasteiger partial charge in [0.1, 0.15) is 0 Å². The molecule has 0 saturated carbocycles. The lowest BCUT2D eigenvalue weighted by molar-refractivity contribution is 0.112. The van der Waals surface area contributed by atoms with Crippen molar-refractivity contribution < 1.29 is 9.53 Å². The lowest BCUT2D eigenvalue weighted by Gasteiger charge is -2.08. The van der Waals surface area contributed by atoms with Gasteiger partial charge in [0.25, 0.3) is 0 Å². The van der Waals surface area contributed by atoms with Gasteiger partial charge in [-0.25, -0.2) is 4.68 Å². The van der Waals surface area contributed by atoms with E-state index >= 15 is 0 Å². The van der Waals surface area contributed by atoms with Gasteiger partial charge in [-0.2, -0.15) is 5.10 Å². The summed E-state index contributed by atoms with van der Waals surface area (Å²) in [5, 5.41) is 4.56. The summed E-state index contributed by atoms with van der Waals surface area (Å²) in [6.45, 7) is 6.65. The van der Waals surface area contributed by atoms with Crippen LogP contribution in [0.25, 0.3) is 5.69 Å². The number of aldehydes is 1. The molecule has 0 aliphatic rings. The highest BCUT2D eigenvalue weighted by Crippen LogP contribution is 2.20. The molecule has 1 heterocycles. The Morgan fingerprint density at radius 3 is 2.50 bits per heavy atom. The fourth-order valence-electron chi connectivity index (χ4n) is 2.42. The molecule has 0 N–H and O–H groups in total. The SMILES string of the molecule is COCC(C)c1nn(-c2cc(C)cc(C)c2)cc1C=O. The molecular formula is C16H20N2O2. The molecule has 0 radical (unpaired) electrons. The summed E-state index contributed by atoms with van der Waals surface area (Å²) < 4.78 is 6.91. The Bertz CT molecular complexity index is 597. The highest BCUT2D eigenvalue weighted by molar-refractivity contribution is 5.76. The van der Waals surface area contributed by atoms with E-state index in [0.717, 1.165) is 17.7 Å². The van der Waals surface area contributed by atoms with Gasteiger partial charge in [0.2, 0.25) is 0 Å². The molecule has 4 heteroatoms. The number of benzene rings is 1. The van der Waals surface area contributed by atoms with Crippen molar-refractivity contribution in [1.82, 2.24) is 9.78 Å². The van der Waals surface area contributed by atoms with Crippen LogP contribution in [0.2, 0.25) is 0 Å². The monoisotopic (exact) mass is 272 g/mol. The zero-order valence-electron chi connectivity index (χ0n) is 12.4. The number of hydrogen-bond acceptors (Lipinski definition) is 3. The molecular weight excluding hydrogens is 252 g/mol. The van der Waals surface area contributed by atoms with Crippen LogP contribution >= 0.6 is 0 Å². The summed E-state index contributed by atoms with van der Waals surface area (Å²) in [6, 6.07) is 6.22. The molecule has 1 aromatic heterocycles. The number of carbonyl (C=O) groups excluding carboxylic acids is 1. The third-order valence-corrected chi connectivity index (χ3v) is 3.25. The molecule has 0 bridgehead atoms. The molecule has 1 aromatic carbocycles. The average molecular weight is 272 g/mol. The molecule has 0 fully saturated rings. The second-order valence-electron chi connectivity index (χ2n) is 5.23. The average Bonchev–Trinajstić information content (AvgIpc) is 2.82. The zero-order chi connectivity index (χ0) is 14.7. The van der Waals surface area contributed by atoms with Crippen LogP contribution in [0, 0.1) is 13.8 Å². The smallest absolute Gasteiger partial charge is 0.153 e. The highest BCUT2D eigenvalue weighted by atomic mass is 16.5. The number of aromatic nitrogens is 2. The Kier molecular flexibility index (Phi) is 4.35. The first-order chi connectivity index (χ1) is 9.55. The number of carbonyl (C=O) groups is 1. The third kappa shape index (κ3) is 2.96. The maximum Gasteiger partial charge on any atom is 0.153 e. The summed E-state index contributed by atoms with van der Waals surface area (Å²) in [4.78, 5) is 11.2. The van der Waals surface area contributed by atoms with Crippen LogP contribution in [-0.2, 0) is 4.74 Å². The van der Waals surface area contributed by atoms with Gasteiger partial charge >= 0.3 is 0 Å². The van der Waals surface area contributed by atoms with Crippen LogP contribution in [0.3, 0.4) is 0 Å². The second-order valence-corrected chi connectivity index (χ2v) is 5.23. The molecule has 1 unspecified atom stereocenters. The Morgan fingerprint density at radius 2 is 1.95 bits per heavy atom. The second kappa shape index (κ2) is 6.01. The molecule has 106 valence electrons. The lowest BCUT2D eigenvalue weighted by atomic mass is 10.1. The van der Waals surface area contributed by atoms with Gasteiger partial charge in [-0.15, -0.1) is 0 Å². The number of nitrogens with zero attached hydrogens (tertiary/aromatic N) is 2. The summed E-state index contributed by atoms with van der Waals surface area (Å²) >= 11 is 0. The number of hydrogen-bond donors (Lipinski definition) is 0. The largest absolute Gasteiger partial charge is 0.384 e. The van der Waals surface area contributed by atoms with Gasteiger partial charge in [-0.3, -0.25) is 4.79 Å². The van der Waals surface area contributed by atoms with Crippen molar-refractivity contribution in [2.75, 3.05) is 13.7 Å². The fourth-order valence-corrected chi connectivity index (χ4v) is 2.42. The fraction of sp³-hybridized carbons (Fsp3) is 0.375. The third-order valence-electron chi connectivity index (χ3n) is 3.25. The van der Waals surface area contributed by atoms with E-state index in [2.05, 4.69) is 37.1 Å². The minimum absolute atomic E-state index is 0.0901. The lowest BCUT2D eigenvalue weighted by Crippen LogP contribution is -2.06. The first-order valence-corrected chi connectivity index (χ1v) is 6.67. The molecule has 1 atom stereocenters. The molecule has 0 aliphatic carbocycles. The van der Waals surface area contributed by atoms with E-state index < -0.39 is 0 Å². The summed E-state index contributed by atoms with van der Waals surface area (Å²) in [5.74, 6) is 0.0901. The van der Waals surface area contributed by atoms with Crippen molar-refractivity contribution in [3.63, 3.8) is 0 Å². The van der Waals surface area contributed by atoms with Crippen molar-refractivity contribution in [2.24, 2.45) is 0 Å². The summed E-state index contributed by atoms with van der Waals surface area (Å²) in [5.41, 5.74) is 4.72. The van der Waals surface area contributed by atoms with Gasteiger partial charge in [0.15, 0.2) is 6.29 Å². The molecule has 20 heavy (non-hydrogen) atoms. The maximum absolute atomic E-state index is 11.2. The van der Waals surface area contributed by atoms with E-state index in [1.54, 1.807) is 18.0 Å². The van der Waals surface area contributed by atoms with Gasteiger partial charge < -0.3 is 4.74 Å². The minimum atomic E-state index is 0.0901. The predicted molar refractivity (Wildman–Crippen MR) is 78.7 cm³/mol. The Labute approximate surface area is 119 Å². The van der Waals surface area contributed by atoms with Crippen LogP contribution in [0.1, 0.15) is 40.0 Å². The maximum atomic E-state index is 11.2. The van der Waals surface area contributed by atoms with Crippen LogP contribution in [-0.4, -0.2) is 29.8 Å². The van der Waals surface area contributed by atoms with Gasteiger partial charge in [0.05, 0.1) is 23.6 Å². The molecule has 0 amide bonds. The minimum Gasteiger partial charge on any atom is -0.384 e. The van der Waals surface area contributed by atoms with Crippen molar-refractivity contribution in [3.8, 4) is 5.69 Å². The molecule has 2 rings (SSSR count). The quantitative estimate of drug-likeness (QED) is 0.786. The summed E-state index contributed by atoms with van der Waals surface area (Å²) in [6.07, 6.45) is 2.64. The van der Waals surface area contributed by atoms with E-state index in [4.69, 9.17) is 4.74 Å². The van der Waals surface area contributed by atoms with Crippen LogP contribution in [0.5, 0.6) is 0 Å². The van der Waals surface area contributed by atoms with Crippen molar-refractivity contribution in [3.05, 3.63) is 46.8 Å². The van der Waals surface area contributed by atoms with Gasteiger partial charge in [-0.05, 0) is 37.1 Å². The number of methoxy groups -OCH3 is 1.